The van der Waals surface area contributed by atoms with Gasteiger partial charge in [0.1, 0.15) is 0 Å². The molecule has 4 heteroatoms. The Bertz CT molecular complexity index is 652. The van der Waals surface area contributed by atoms with Crippen LogP contribution in [0.25, 0.3) is 0 Å². The number of benzene rings is 1. The van der Waals surface area contributed by atoms with Crippen LogP contribution in [0.3, 0.4) is 0 Å². The van der Waals surface area contributed by atoms with Gasteiger partial charge in [0.2, 0.25) is 5.91 Å². The molecule has 0 saturated carbocycles. The minimum Gasteiger partial charge on any atom is -0.340 e. The highest BCUT2D eigenvalue weighted by Crippen LogP contribution is 2.27. The largest absolute Gasteiger partial charge is 0.340 e. The van der Waals surface area contributed by atoms with Crippen LogP contribution in [0, 0.1) is 5.92 Å². The number of halogens is 1. The molecule has 3 rings (SSSR count). The highest BCUT2D eigenvalue weighted by Gasteiger charge is 2.26. The van der Waals surface area contributed by atoms with Crippen LogP contribution in [0.15, 0.2) is 40.2 Å². The van der Waals surface area contributed by atoms with Crippen LogP contribution >= 0.6 is 27.3 Å². The molecular formula is C17H18BrNOS. The predicted molar refractivity (Wildman–Crippen MR) is 90.5 cm³/mol. The molecule has 0 spiro atoms. The zero-order valence-electron chi connectivity index (χ0n) is 12.0. The van der Waals surface area contributed by atoms with E-state index in [2.05, 4.69) is 51.6 Å². The summed E-state index contributed by atoms with van der Waals surface area (Å²) in [5.41, 5.74) is 2.75. The number of thiophene rings is 1. The maximum absolute atomic E-state index is 12.6. The minimum absolute atomic E-state index is 0.133. The first kappa shape index (κ1) is 14.8. The summed E-state index contributed by atoms with van der Waals surface area (Å²) >= 11 is 5.15. The van der Waals surface area contributed by atoms with E-state index >= 15 is 0 Å². The lowest BCUT2D eigenvalue weighted by molar-refractivity contribution is -0.135. The summed E-state index contributed by atoms with van der Waals surface area (Å²) in [6.45, 7) is 0.702. The number of carbonyl (C=O) groups excluding carboxylic acids is 1. The van der Waals surface area contributed by atoms with Crippen LogP contribution in [0.1, 0.15) is 22.4 Å². The molecule has 1 heterocycles. The second-order valence-electron chi connectivity index (χ2n) is 5.63. The van der Waals surface area contributed by atoms with Gasteiger partial charge in [-0.2, -0.15) is 0 Å². The Morgan fingerprint density at radius 2 is 2.14 bits per heavy atom. The number of amides is 1. The molecule has 1 aliphatic rings. The minimum atomic E-state index is 0.133. The second-order valence-corrected chi connectivity index (χ2v) is 7.55. The Labute approximate surface area is 137 Å². The molecule has 0 N–H and O–H groups in total. The van der Waals surface area contributed by atoms with Gasteiger partial charge in [0.25, 0.3) is 0 Å². The Morgan fingerprint density at radius 3 is 2.86 bits per heavy atom. The lowest BCUT2D eigenvalue weighted by Crippen LogP contribution is -2.35. The molecule has 0 saturated heterocycles. The van der Waals surface area contributed by atoms with E-state index in [1.165, 1.54) is 16.0 Å². The zero-order valence-corrected chi connectivity index (χ0v) is 14.4. The second kappa shape index (κ2) is 6.32. The van der Waals surface area contributed by atoms with Crippen molar-refractivity contribution in [2.75, 3.05) is 7.05 Å². The van der Waals surface area contributed by atoms with E-state index < -0.39 is 0 Å². The number of nitrogens with zero attached hydrogens (tertiary/aromatic N) is 1. The maximum atomic E-state index is 12.6. The summed E-state index contributed by atoms with van der Waals surface area (Å²) in [6, 6.07) is 10.6. The van der Waals surface area contributed by atoms with E-state index in [0.29, 0.717) is 6.54 Å². The fraction of sp³-hybridized carbons (Fsp3) is 0.353. The van der Waals surface area contributed by atoms with Gasteiger partial charge in [0.15, 0.2) is 0 Å². The van der Waals surface area contributed by atoms with Gasteiger partial charge in [0, 0.05) is 27.7 Å². The van der Waals surface area contributed by atoms with E-state index in [1.807, 2.05) is 11.9 Å². The molecule has 1 atom stereocenters. The van der Waals surface area contributed by atoms with Crippen molar-refractivity contribution in [2.45, 2.75) is 25.8 Å². The average Bonchev–Trinajstić information content (AvgIpc) is 2.91. The van der Waals surface area contributed by atoms with Crippen LogP contribution in [-0.2, 0) is 24.2 Å². The molecule has 1 aromatic carbocycles. The summed E-state index contributed by atoms with van der Waals surface area (Å²) in [5.74, 6) is 0.405. The van der Waals surface area contributed by atoms with E-state index in [1.54, 1.807) is 11.3 Å². The van der Waals surface area contributed by atoms with Gasteiger partial charge in [0.05, 0.1) is 6.54 Å². The van der Waals surface area contributed by atoms with Gasteiger partial charge in [-0.15, -0.1) is 11.3 Å². The molecule has 110 valence electrons. The lowest BCUT2D eigenvalue weighted by Gasteiger charge is -2.27. The van der Waals surface area contributed by atoms with Crippen molar-refractivity contribution in [3.63, 3.8) is 0 Å². The van der Waals surface area contributed by atoms with E-state index in [-0.39, 0.29) is 11.8 Å². The van der Waals surface area contributed by atoms with Crippen LogP contribution < -0.4 is 0 Å². The molecular weight excluding hydrogens is 346 g/mol. The standard InChI is InChI=1S/C17H18BrNOS/c1-19(10-16-9-15(18)11-21-16)17(20)14-7-6-12-4-2-3-5-13(12)8-14/h2-5,9,11,14H,6-8,10H2,1H3. The van der Waals surface area contributed by atoms with Gasteiger partial charge >= 0.3 is 0 Å². The third kappa shape index (κ3) is 3.38. The number of hydrogen-bond acceptors (Lipinski definition) is 2. The first-order valence-corrected chi connectivity index (χ1v) is 8.85. The molecule has 1 aromatic heterocycles. The third-order valence-electron chi connectivity index (χ3n) is 4.09. The number of fused-ring (bicyclic) bond motifs is 1. The van der Waals surface area contributed by atoms with Crippen LogP contribution in [-0.4, -0.2) is 17.9 Å². The van der Waals surface area contributed by atoms with Crippen molar-refractivity contribution in [2.24, 2.45) is 5.92 Å². The topological polar surface area (TPSA) is 20.3 Å². The van der Waals surface area contributed by atoms with E-state index in [0.717, 1.165) is 23.7 Å². The lowest BCUT2D eigenvalue weighted by atomic mass is 9.83. The zero-order chi connectivity index (χ0) is 14.8. The third-order valence-corrected chi connectivity index (χ3v) is 5.77. The first-order valence-electron chi connectivity index (χ1n) is 7.18. The van der Waals surface area contributed by atoms with Crippen LogP contribution in [0.2, 0.25) is 0 Å². The predicted octanol–water partition coefficient (Wildman–Crippen LogP) is 4.27. The molecule has 0 fully saturated rings. The summed E-state index contributed by atoms with van der Waals surface area (Å²) in [7, 11) is 1.91. The van der Waals surface area contributed by atoms with E-state index in [4.69, 9.17) is 0 Å². The van der Waals surface area contributed by atoms with Crippen LogP contribution in [0.5, 0.6) is 0 Å². The molecule has 1 unspecified atom stereocenters. The van der Waals surface area contributed by atoms with Crippen LogP contribution in [0.4, 0.5) is 0 Å². The quantitative estimate of drug-likeness (QED) is 0.796. The van der Waals surface area contributed by atoms with Crippen molar-refractivity contribution in [3.8, 4) is 0 Å². The molecule has 1 aliphatic carbocycles. The highest BCUT2D eigenvalue weighted by atomic mass is 79.9. The number of carbonyl (C=O) groups is 1. The van der Waals surface area contributed by atoms with Crippen molar-refractivity contribution < 1.29 is 4.79 Å². The summed E-state index contributed by atoms with van der Waals surface area (Å²) in [5, 5.41) is 2.06. The Balaban J connectivity index is 1.66. The van der Waals surface area contributed by atoms with Crippen molar-refractivity contribution in [1.82, 2.24) is 4.90 Å². The fourth-order valence-electron chi connectivity index (χ4n) is 2.97. The van der Waals surface area contributed by atoms with Gasteiger partial charge in [-0.3, -0.25) is 4.79 Å². The van der Waals surface area contributed by atoms with Gasteiger partial charge < -0.3 is 4.90 Å². The molecule has 0 aliphatic heterocycles. The van der Waals surface area contributed by atoms with E-state index in [9.17, 15) is 4.79 Å². The molecule has 2 nitrogen and oxygen atoms in total. The summed E-state index contributed by atoms with van der Waals surface area (Å²) < 4.78 is 1.09. The number of aryl methyl sites for hydroxylation is 1. The fourth-order valence-corrected chi connectivity index (χ4v) is 4.47. The Morgan fingerprint density at radius 1 is 1.38 bits per heavy atom. The molecule has 0 radical (unpaired) electrons. The van der Waals surface area contributed by atoms with Crippen molar-refractivity contribution in [3.05, 3.63) is 56.2 Å². The average molecular weight is 364 g/mol. The SMILES string of the molecule is CN(Cc1cc(Br)cs1)C(=O)C1CCc2ccccc2C1. The number of hydrogen-bond donors (Lipinski definition) is 0. The molecule has 1 amide bonds. The van der Waals surface area contributed by atoms with Gasteiger partial charge in [-0.05, 0) is 52.4 Å². The molecule has 21 heavy (non-hydrogen) atoms. The smallest absolute Gasteiger partial charge is 0.226 e. The summed E-state index contributed by atoms with van der Waals surface area (Å²) in [6.07, 6.45) is 2.87. The highest BCUT2D eigenvalue weighted by molar-refractivity contribution is 9.10. The van der Waals surface area contributed by atoms with Crippen molar-refractivity contribution >= 4 is 33.2 Å². The Kier molecular flexibility index (Phi) is 4.45. The maximum Gasteiger partial charge on any atom is 0.226 e. The monoisotopic (exact) mass is 363 g/mol. The number of rotatable bonds is 3. The molecule has 2 aromatic rings. The summed E-state index contributed by atoms with van der Waals surface area (Å²) in [4.78, 5) is 15.7. The van der Waals surface area contributed by atoms with Crippen molar-refractivity contribution in [1.29, 1.82) is 0 Å². The van der Waals surface area contributed by atoms with Gasteiger partial charge in [-0.25, -0.2) is 0 Å². The Hall–Kier alpha value is -1.13. The normalized spacial score (nSPS) is 17.3. The molecule has 0 bridgehead atoms. The first-order chi connectivity index (χ1) is 10.1. The van der Waals surface area contributed by atoms with Gasteiger partial charge in [-0.1, -0.05) is 24.3 Å².